The number of benzene rings is 2. The SMILES string of the molecule is CCC(NC(=O)COc1ccc(C)c(C)c1)c1ccc(OC)cc1. The number of hydrogen-bond acceptors (Lipinski definition) is 3. The van der Waals surface area contributed by atoms with E-state index in [1.165, 1.54) is 5.56 Å². The molecule has 4 heteroatoms. The highest BCUT2D eigenvalue weighted by molar-refractivity contribution is 5.78. The van der Waals surface area contributed by atoms with Crippen LogP contribution >= 0.6 is 0 Å². The number of carbonyl (C=O) groups excluding carboxylic acids is 1. The molecule has 1 unspecified atom stereocenters. The fraction of sp³-hybridized carbons (Fsp3) is 0.350. The maximum absolute atomic E-state index is 12.2. The Morgan fingerprint density at radius 1 is 1.04 bits per heavy atom. The summed E-state index contributed by atoms with van der Waals surface area (Å²) in [5.41, 5.74) is 3.41. The van der Waals surface area contributed by atoms with Gasteiger partial charge in [0.05, 0.1) is 13.2 Å². The van der Waals surface area contributed by atoms with Gasteiger partial charge in [-0.25, -0.2) is 0 Å². The van der Waals surface area contributed by atoms with Crippen molar-refractivity contribution in [2.75, 3.05) is 13.7 Å². The van der Waals surface area contributed by atoms with E-state index in [1.54, 1.807) is 7.11 Å². The molecule has 24 heavy (non-hydrogen) atoms. The number of amides is 1. The minimum Gasteiger partial charge on any atom is -0.497 e. The topological polar surface area (TPSA) is 47.6 Å². The standard InChI is InChI=1S/C20H25NO3/c1-5-19(16-7-10-17(23-4)11-8-16)21-20(22)13-24-18-9-6-14(2)15(3)12-18/h6-12,19H,5,13H2,1-4H3,(H,21,22). The molecule has 0 saturated heterocycles. The molecule has 0 heterocycles. The predicted octanol–water partition coefficient (Wildman–Crippen LogP) is 3.96. The lowest BCUT2D eigenvalue weighted by atomic mass is 10.0. The molecular weight excluding hydrogens is 302 g/mol. The maximum Gasteiger partial charge on any atom is 0.258 e. The van der Waals surface area contributed by atoms with Crippen LogP contribution < -0.4 is 14.8 Å². The summed E-state index contributed by atoms with van der Waals surface area (Å²) >= 11 is 0. The van der Waals surface area contributed by atoms with Crippen LogP contribution in [0, 0.1) is 13.8 Å². The van der Waals surface area contributed by atoms with Gasteiger partial charge in [-0.3, -0.25) is 4.79 Å². The number of carbonyl (C=O) groups is 1. The van der Waals surface area contributed by atoms with E-state index < -0.39 is 0 Å². The average Bonchev–Trinajstić information content (AvgIpc) is 2.61. The summed E-state index contributed by atoms with van der Waals surface area (Å²) in [4.78, 5) is 12.2. The molecule has 2 aromatic rings. The summed E-state index contributed by atoms with van der Waals surface area (Å²) in [7, 11) is 1.64. The van der Waals surface area contributed by atoms with Crippen molar-refractivity contribution in [3.05, 3.63) is 59.2 Å². The van der Waals surface area contributed by atoms with Gasteiger partial charge >= 0.3 is 0 Å². The van der Waals surface area contributed by atoms with Crippen molar-refractivity contribution in [3.8, 4) is 11.5 Å². The lowest BCUT2D eigenvalue weighted by Crippen LogP contribution is -2.32. The first kappa shape index (κ1) is 17.9. The Kier molecular flexibility index (Phi) is 6.24. The first-order valence-electron chi connectivity index (χ1n) is 8.16. The number of ether oxygens (including phenoxy) is 2. The monoisotopic (exact) mass is 327 g/mol. The van der Waals surface area contributed by atoms with E-state index in [1.807, 2.05) is 63.2 Å². The molecule has 2 rings (SSSR count). The summed E-state index contributed by atoms with van der Waals surface area (Å²) < 4.78 is 10.8. The first-order chi connectivity index (χ1) is 11.5. The van der Waals surface area contributed by atoms with E-state index in [-0.39, 0.29) is 18.6 Å². The fourth-order valence-electron chi connectivity index (χ4n) is 2.45. The van der Waals surface area contributed by atoms with E-state index in [0.29, 0.717) is 5.75 Å². The van der Waals surface area contributed by atoms with Crippen molar-refractivity contribution >= 4 is 5.91 Å². The van der Waals surface area contributed by atoms with Crippen LogP contribution in [-0.2, 0) is 4.79 Å². The van der Waals surface area contributed by atoms with Crippen molar-refractivity contribution in [3.63, 3.8) is 0 Å². The maximum atomic E-state index is 12.2. The Hall–Kier alpha value is -2.49. The third kappa shape index (κ3) is 4.75. The molecule has 0 aliphatic carbocycles. The second-order valence-corrected chi connectivity index (χ2v) is 5.84. The molecule has 1 amide bonds. The van der Waals surface area contributed by atoms with Gasteiger partial charge in [-0.15, -0.1) is 0 Å². The van der Waals surface area contributed by atoms with Crippen molar-refractivity contribution in [2.24, 2.45) is 0 Å². The van der Waals surface area contributed by atoms with Crippen LogP contribution in [-0.4, -0.2) is 19.6 Å². The Balaban J connectivity index is 1.92. The molecule has 0 aliphatic rings. The summed E-state index contributed by atoms with van der Waals surface area (Å²) in [6.07, 6.45) is 0.807. The molecule has 1 atom stereocenters. The summed E-state index contributed by atoms with van der Waals surface area (Å²) in [6, 6.07) is 13.5. The average molecular weight is 327 g/mol. The van der Waals surface area contributed by atoms with E-state index >= 15 is 0 Å². The van der Waals surface area contributed by atoms with Crippen LogP contribution in [0.1, 0.15) is 36.1 Å². The van der Waals surface area contributed by atoms with Gasteiger partial charge in [-0.05, 0) is 61.2 Å². The highest BCUT2D eigenvalue weighted by atomic mass is 16.5. The van der Waals surface area contributed by atoms with Gasteiger partial charge in [0.1, 0.15) is 11.5 Å². The second-order valence-electron chi connectivity index (χ2n) is 5.84. The third-order valence-electron chi connectivity index (χ3n) is 4.11. The molecule has 0 aliphatic heterocycles. The second kappa shape index (κ2) is 8.39. The van der Waals surface area contributed by atoms with Crippen molar-refractivity contribution in [2.45, 2.75) is 33.2 Å². The zero-order valence-electron chi connectivity index (χ0n) is 14.8. The molecule has 0 saturated carbocycles. The van der Waals surface area contributed by atoms with Crippen LogP contribution in [0.4, 0.5) is 0 Å². The fourth-order valence-corrected chi connectivity index (χ4v) is 2.45. The van der Waals surface area contributed by atoms with Crippen LogP contribution in [0.25, 0.3) is 0 Å². The van der Waals surface area contributed by atoms with E-state index in [2.05, 4.69) is 5.32 Å². The van der Waals surface area contributed by atoms with Crippen LogP contribution in [0.3, 0.4) is 0 Å². The van der Waals surface area contributed by atoms with Gasteiger partial charge in [0.2, 0.25) is 0 Å². The van der Waals surface area contributed by atoms with E-state index in [4.69, 9.17) is 9.47 Å². The van der Waals surface area contributed by atoms with Gasteiger partial charge in [0, 0.05) is 0 Å². The van der Waals surface area contributed by atoms with Gasteiger partial charge in [0.15, 0.2) is 6.61 Å². The molecule has 0 aromatic heterocycles. The Morgan fingerprint density at radius 2 is 1.71 bits per heavy atom. The Bertz CT molecular complexity index is 680. The summed E-state index contributed by atoms with van der Waals surface area (Å²) in [6.45, 7) is 6.13. The minimum atomic E-state index is -0.129. The highest BCUT2D eigenvalue weighted by Gasteiger charge is 2.13. The van der Waals surface area contributed by atoms with Gasteiger partial charge in [0.25, 0.3) is 5.91 Å². The zero-order chi connectivity index (χ0) is 17.5. The van der Waals surface area contributed by atoms with Gasteiger partial charge in [-0.2, -0.15) is 0 Å². The molecule has 2 aromatic carbocycles. The first-order valence-corrected chi connectivity index (χ1v) is 8.16. The summed E-state index contributed by atoms with van der Waals surface area (Å²) in [5, 5.41) is 3.01. The molecule has 1 N–H and O–H groups in total. The van der Waals surface area contributed by atoms with E-state index in [0.717, 1.165) is 23.3 Å². The minimum absolute atomic E-state index is 0.00908. The molecule has 0 fully saturated rings. The highest BCUT2D eigenvalue weighted by Crippen LogP contribution is 2.20. The van der Waals surface area contributed by atoms with Crippen molar-refractivity contribution < 1.29 is 14.3 Å². The van der Waals surface area contributed by atoms with Gasteiger partial charge in [-0.1, -0.05) is 25.1 Å². The number of rotatable bonds is 7. The molecule has 0 bridgehead atoms. The Morgan fingerprint density at radius 3 is 2.29 bits per heavy atom. The number of nitrogens with one attached hydrogen (secondary N) is 1. The quantitative estimate of drug-likeness (QED) is 0.837. The van der Waals surface area contributed by atoms with Crippen LogP contribution in [0.5, 0.6) is 11.5 Å². The smallest absolute Gasteiger partial charge is 0.258 e. The van der Waals surface area contributed by atoms with Crippen molar-refractivity contribution in [1.29, 1.82) is 0 Å². The Labute approximate surface area is 143 Å². The normalized spacial score (nSPS) is 11.7. The third-order valence-corrected chi connectivity index (χ3v) is 4.11. The predicted molar refractivity (Wildman–Crippen MR) is 95.6 cm³/mol. The lowest BCUT2D eigenvalue weighted by molar-refractivity contribution is -0.123. The zero-order valence-corrected chi connectivity index (χ0v) is 14.8. The molecule has 0 radical (unpaired) electrons. The molecule has 0 spiro atoms. The lowest BCUT2D eigenvalue weighted by Gasteiger charge is -2.18. The number of hydrogen-bond donors (Lipinski definition) is 1. The number of aryl methyl sites for hydroxylation is 2. The summed E-state index contributed by atoms with van der Waals surface area (Å²) in [5.74, 6) is 1.39. The largest absolute Gasteiger partial charge is 0.497 e. The van der Waals surface area contributed by atoms with Crippen LogP contribution in [0.2, 0.25) is 0 Å². The van der Waals surface area contributed by atoms with Gasteiger partial charge < -0.3 is 14.8 Å². The molecular formula is C20H25NO3. The van der Waals surface area contributed by atoms with Crippen molar-refractivity contribution in [1.82, 2.24) is 5.32 Å². The van der Waals surface area contributed by atoms with Crippen LogP contribution in [0.15, 0.2) is 42.5 Å². The molecule has 4 nitrogen and oxygen atoms in total. The van der Waals surface area contributed by atoms with E-state index in [9.17, 15) is 4.79 Å². The molecule has 128 valence electrons. The number of methoxy groups -OCH3 is 1.